The van der Waals surface area contributed by atoms with E-state index in [-0.39, 0.29) is 11.3 Å². The van der Waals surface area contributed by atoms with Crippen molar-refractivity contribution in [2.75, 3.05) is 23.3 Å². The predicted octanol–water partition coefficient (Wildman–Crippen LogP) is 5.63. The third-order valence-corrected chi connectivity index (χ3v) is 6.62. The summed E-state index contributed by atoms with van der Waals surface area (Å²) in [5.41, 5.74) is 4.02. The summed E-state index contributed by atoms with van der Waals surface area (Å²) >= 11 is 1.54. The molecule has 1 amide bonds. The van der Waals surface area contributed by atoms with Crippen molar-refractivity contribution in [1.29, 1.82) is 0 Å². The molecule has 0 aliphatic carbocycles. The Morgan fingerprint density at radius 2 is 1.82 bits per heavy atom. The van der Waals surface area contributed by atoms with Crippen LogP contribution >= 0.6 is 11.3 Å². The average Bonchev–Trinajstić information content (AvgIpc) is 3.57. The number of nitro benzene ring substituents is 1. The van der Waals surface area contributed by atoms with E-state index < -0.39 is 10.8 Å². The molecule has 0 atom stereocenters. The van der Waals surface area contributed by atoms with Crippen LogP contribution in [0.5, 0.6) is 0 Å². The summed E-state index contributed by atoms with van der Waals surface area (Å²) in [7, 11) is 0. The molecular weight excluding hydrogens is 450 g/mol. The van der Waals surface area contributed by atoms with Crippen molar-refractivity contribution >= 4 is 34.3 Å². The summed E-state index contributed by atoms with van der Waals surface area (Å²) in [6.45, 7) is 1.58. The Hall–Kier alpha value is -4.11. The fourth-order valence-corrected chi connectivity index (χ4v) is 4.86. The zero-order valence-electron chi connectivity index (χ0n) is 18.2. The van der Waals surface area contributed by atoms with Gasteiger partial charge in [-0.3, -0.25) is 19.9 Å². The maximum atomic E-state index is 12.9. The van der Waals surface area contributed by atoms with Gasteiger partial charge in [0.05, 0.1) is 10.6 Å². The average molecular weight is 472 g/mol. The van der Waals surface area contributed by atoms with Gasteiger partial charge in [-0.05, 0) is 49.2 Å². The molecule has 1 saturated heterocycles. The molecule has 4 aromatic rings. The van der Waals surface area contributed by atoms with Gasteiger partial charge in [-0.1, -0.05) is 12.1 Å². The van der Waals surface area contributed by atoms with Gasteiger partial charge in [0.2, 0.25) is 0 Å². The monoisotopic (exact) mass is 471 g/mol. The molecule has 0 radical (unpaired) electrons. The van der Waals surface area contributed by atoms with Gasteiger partial charge in [0.15, 0.2) is 0 Å². The first-order valence-electron chi connectivity index (χ1n) is 10.9. The van der Waals surface area contributed by atoms with Gasteiger partial charge in [0.1, 0.15) is 10.7 Å². The number of thiazole rings is 1. The third kappa shape index (κ3) is 4.51. The van der Waals surface area contributed by atoms with Gasteiger partial charge >= 0.3 is 0 Å². The molecule has 0 spiro atoms. The van der Waals surface area contributed by atoms with E-state index in [2.05, 4.69) is 10.3 Å². The van der Waals surface area contributed by atoms with Crippen LogP contribution in [0.1, 0.15) is 23.2 Å². The van der Waals surface area contributed by atoms with Gasteiger partial charge in [-0.15, -0.1) is 11.3 Å². The zero-order valence-corrected chi connectivity index (χ0v) is 19.0. The first-order valence-corrected chi connectivity index (χ1v) is 11.8. The normalized spacial score (nSPS) is 13.1. The molecule has 9 heteroatoms. The highest BCUT2D eigenvalue weighted by Gasteiger charge is 2.24. The summed E-state index contributed by atoms with van der Waals surface area (Å²) in [4.78, 5) is 34.9. The van der Waals surface area contributed by atoms with E-state index >= 15 is 0 Å². The lowest BCUT2D eigenvalue weighted by atomic mass is 10.1. The Morgan fingerprint density at radius 1 is 1.03 bits per heavy atom. The minimum Gasteiger partial charge on any atom is -0.366 e. The lowest BCUT2D eigenvalue weighted by Crippen LogP contribution is -2.19. The second kappa shape index (κ2) is 9.40. The largest absolute Gasteiger partial charge is 0.366 e. The number of carbonyl (C=O) groups is 1. The molecule has 2 aromatic carbocycles. The lowest BCUT2D eigenvalue weighted by Gasteiger charge is -2.17. The van der Waals surface area contributed by atoms with Gasteiger partial charge in [-0.2, -0.15) is 0 Å². The van der Waals surface area contributed by atoms with Crippen LogP contribution in [0, 0.1) is 10.1 Å². The van der Waals surface area contributed by atoms with Crippen molar-refractivity contribution < 1.29 is 9.72 Å². The summed E-state index contributed by atoms with van der Waals surface area (Å²) in [5.74, 6) is -0.399. The summed E-state index contributed by atoms with van der Waals surface area (Å²) in [5, 5.41) is 17.4. The number of nitrogens with zero attached hydrogens (tertiary/aromatic N) is 4. The predicted molar refractivity (Wildman–Crippen MR) is 133 cm³/mol. The number of benzene rings is 2. The number of carbonyl (C=O) groups excluding carboxylic acids is 1. The molecule has 1 fully saturated rings. The Bertz CT molecular complexity index is 1350. The van der Waals surface area contributed by atoms with E-state index in [9.17, 15) is 14.9 Å². The van der Waals surface area contributed by atoms with Crippen molar-refractivity contribution in [2.24, 2.45) is 0 Å². The number of nitrogens with one attached hydrogen (secondary N) is 1. The van der Waals surface area contributed by atoms with Crippen LogP contribution in [0.2, 0.25) is 0 Å². The number of amides is 1. The third-order valence-electron chi connectivity index (χ3n) is 5.73. The SMILES string of the molecule is O=C(Nc1cccc(-c2csc(-c3ccncc3)n2)c1)c1ccc(N2CCCC2)c([N+](=O)[O-])c1. The number of pyridine rings is 1. The maximum Gasteiger partial charge on any atom is 0.293 e. The number of nitro groups is 1. The van der Waals surface area contributed by atoms with E-state index in [4.69, 9.17) is 4.98 Å². The lowest BCUT2D eigenvalue weighted by molar-refractivity contribution is -0.384. The molecule has 0 unspecified atom stereocenters. The molecule has 8 nitrogen and oxygen atoms in total. The van der Waals surface area contributed by atoms with Gasteiger partial charge < -0.3 is 10.2 Å². The number of rotatable bonds is 6. The molecule has 5 rings (SSSR count). The van der Waals surface area contributed by atoms with Crippen LogP contribution in [-0.2, 0) is 0 Å². The van der Waals surface area contributed by atoms with Gasteiger partial charge in [0.25, 0.3) is 11.6 Å². The fraction of sp³-hybridized carbons (Fsp3) is 0.160. The highest BCUT2D eigenvalue weighted by Crippen LogP contribution is 2.33. The minimum atomic E-state index is -0.423. The number of hydrogen-bond donors (Lipinski definition) is 1. The number of anilines is 2. The van der Waals surface area contributed by atoms with Crippen LogP contribution in [0.25, 0.3) is 21.8 Å². The molecule has 0 saturated carbocycles. The molecule has 2 aromatic heterocycles. The quantitative estimate of drug-likeness (QED) is 0.289. The Labute approximate surface area is 200 Å². The summed E-state index contributed by atoms with van der Waals surface area (Å²) in [6, 6.07) is 15.9. The maximum absolute atomic E-state index is 12.9. The van der Waals surface area contributed by atoms with E-state index in [1.165, 1.54) is 17.4 Å². The Balaban J connectivity index is 1.36. The zero-order chi connectivity index (χ0) is 23.5. The second-order valence-electron chi connectivity index (χ2n) is 7.96. The van der Waals surface area contributed by atoms with Crippen LogP contribution in [0.3, 0.4) is 0 Å². The second-order valence-corrected chi connectivity index (χ2v) is 8.82. The first kappa shape index (κ1) is 21.7. The first-order chi connectivity index (χ1) is 16.6. The highest BCUT2D eigenvalue weighted by atomic mass is 32.1. The topological polar surface area (TPSA) is 101 Å². The van der Waals surface area contributed by atoms with Crippen molar-refractivity contribution in [3.05, 3.63) is 88.0 Å². The van der Waals surface area contributed by atoms with Gasteiger partial charge in [0, 0.05) is 59.3 Å². The Morgan fingerprint density at radius 3 is 2.59 bits per heavy atom. The standard InChI is InChI=1S/C25H21N5O3S/c31-24(19-6-7-22(23(15-19)30(32)33)29-12-1-2-13-29)27-20-5-3-4-18(14-20)21-16-34-25(28-21)17-8-10-26-11-9-17/h3-11,14-16H,1-2,12-13H2,(H,27,31). The van der Waals surface area contributed by atoms with Gasteiger partial charge in [-0.25, -0.2) is 4.98 Å². The van der Waals surface area contributed by atoms with Crippen molar-refractivity contribution in [1.82, 2.24) is 9.97 Å². The molecule has 0 bridgehead atoms. The minimum absolute atomic E-state index is 0.0468. The molecule has 1 aliphatic rings. The fourth-order valence-electron chi connectivity index (χ4n) is 4.03. The number of hydrogen-bond acceptors (Lipinski definition) is 7. The van der Waals surface area contributed by atoms with Crippen LogP contribution < -0.4 is 10.2 Å². The molecule has 34 heavy (non-hydrogen) atoms. The van der Waals surface area contributed by atoms with Crippen LogP contribution in [-0.4, -0.2) is 33.9 Å². The smallest absolute Gasteiger partial charge is 0.293 e. The van der Waals surface area contributed by atoms with E-state index in [1.807, 2.05) is 40.6 Å². The van der Waals surface area contributed by atoms with E-state index in [0.29, 0.717) is 11.4 Å². The number of aromatic nitrogens is 2. The van der Waals surface area contributed by atoms with E-state index in [0.717, 1.165) is 47.8 Å². The van der Waals surface area contributed by atoms with Crippen LogP contribution in [0.4, 0.5) is 17.1 Å². The van der Waals surface area contributed by atoms with Crippen LogP contribution in [0.15, 0.2) is 72.4 Å². The summed E-state index contributed by atoms with van der Waals surface area (Å²) < 4.78 is 0. The van der Waals surface area contributed by atoms with Crippen molar-refractivity contribution in [3.63, 3.8) is 0 Å². The van der Waals surface area contributed by atoms with E-state index in [1.54, 1.807) is 30.6 Å². The Kier molecular flexibility index (Phi) is 6.01. The molecule has 1 aliphatic heterocycles. The molecular formula is C25H21N5O3S. The van der Waals surface area contributed by atoms with Crippen molar-refractivity contribution in [2.45, 2.75) is 12.8 Å². The summed E-state index contributed by atoms with van der Waals surface area (Å²) in [6.07, 6.45) is 5.49. The molecule has 3 heterocycles. The molecule has 1 N–H and O–H groups in total. The highest BCUT2D eigenvalue weighted by molar-refractivity contribution is 7.13. The molecule has 170 valence electrons. The van der Waals surface area contributed by atoms with Crippen molar-refractivity contribution in [3.8, 4) is 21.8 Å².